The van der Waals surface area contributed by atoms with Gasteiger partial charge in [0.05, 0.1) is 17.6 Å². The quantitative estimate of drug-likeness (QED) is 0.543. The minimum absolute atomic E-state index is 0.513. The van der Waals surface area contributed by atoms with E-state index < -0.39 is 0 Å². The van der Waals surface area contributed by atoms with Crippen LogP contribution in [-0.2, 0) is 6.42 Å². The molecule has 0 aliphatic rings. The fourth-order valence-corrected chi connectivity index (χ4v) is 2.79. The molecule has 4 aromatic rings. The molecule has 7 heteroatoms. The Kier molecular flexibility index (Phi) is 4.84. The predicted molar refractivity (Wildman–Crippen MR) is 103 cm³/mol. The fraction of sp³-hybridized carbons (Fsp3) is 0.250. The minimum Gasteiger partial charge on any atom is -0.492 e. The Morgan fingerprint density at radius 2 is 1.89 bits per heavy atom. The number of benzene rings is 2. The van der Waals surface area contributed by atoms with Crippen molar-refractivity contribution in [3.63, 3.8) is 0 Å². The molecule has 7 nitrogen and oxygen atoms in total. The second-order valence-corrected chi connectivity index (χ2v) is 6.58. The average Bonchev–Trinajstić information content (AvgIpc) is 3.30. The summed E-state index contributed by atoms with van der Waals surface area (Å²) in [6, 6.07) is 15.7. The van der Waals surface area contributed by atoms with Gasteiger partial charge < -0.3 is 14.2 Å². The summed E-state index contributed by atoms with van der Waals surface area (Å²) in [6.45, 7) is 1.52. The maximum atomic E-state index is 5.71. The number of H-pyrrole nitrogens is 1. The zero-order valence-corrected chi connectivity index (χ0v) is 15.3. The van der Waals surface area contributed by atoms with E-state index in [0.717, 1.165) is 34.5 Å². The van der Waals surface area contributed by atoms with Gasteiger partial charge in [-0.15, -0.1) is 0 Å². The van der Waals surface area contributed by atoms with Crippen LogP contribution in [0.3, 0.4) is 0 Å². The molecular formula is C20H21N5O2. The van der Waals surface area contributed by atoms with Crippen molar-refractivity contribution < 1.29 is 9.26 Å². The summed E-state index contributed by atoms with van der Waals surface area (Å²) in [6.07, 6.45) is 0.513. The van der Waals surface area contributed by atoms with Crippen molar-refractivity contribution in [1.82, 2.24) is 25.2 Å². The predicted octanol–water partition coefficient (Wildman–Crippen LogP) is 3.14. The van der Waals surface area contributed by atoms with Gasteiger partial charge in [-0.25, -0.2) is 0 Å². The van der Waals surface area contributed by atoms with Crippen molar-refractivity contribution in [3.8, 4) is 17.1 Å². The van der Waals surface area contributed by atoms with Gasteiger partial charge in [0, 0.05) is 17.5 Å². The van der Waals surface area contributed by atoms with Crippen molar-refractivity contribution in [2.45, 2.75) is 6.42 Å². The summed E-state index contributed by atoms with van der Waals surface area (Å²) in [5, 5.41) is 12.5. The smallest absolute Gasteiger partial charge is 0.232 e. The molecule has 0 aliphatic heterocycles. The molecule has 4 rings (SSSR count). The van der Waals surface area contributed by atoms with Crippen LogP contribution in [0.5, 0.6) is 5.75 Å². The van der Waals surface area contributed by atoms with E-state index in [4.69, 9.17) is 9.26 Å². The SMILES string of the molecule is CN(C)CCOc1ccc(-c2noc(Cc3[nH]nc4ccccc34)n2)cc1. The van der Waals surface area contributed by atoms with E-state index in [9.17, 15) is 0 Å². The average molecular weight is 363 g/mol. The van der Waals surface area contributed by atoms with Crippen LogP contribution >= 0.6 is 0 Å². The number of aromatic amines is 1. The lowest BCUT2D eigenvalue weighted by atomic mass is 10.1. The highest BCUT2D eigenvalue weighted by molar-refractivity contribution is 5.81. The summed E-state index contributed by atoms with van der Waals surface area (Å²) in [5.74, 6) is 1.94. The van der Waals surface area contributed by atoms with Gasteiger partial charge >= 0.3 is 0 Å². The molecule has 0 saturated carbocycles. The van der Waals surface area contributed by atoms with Gasteiger partial charge in [0.1, 0.15) is 12.4 Å². The van der Waals surface area contributed by atoms with Crippen LogP contribution in [0.2, 0.25) is 0 Å². The van der Waals surface area contributed by atoms with Gasteiger partial charge in [-0.05, 0) is 44.4 Å². The van der Waals surface area contributed by atoms with Gasteiger partial charge in [-0.3, -0.25) is 5.10 Å². The van der Waals surface area contributed by atoms with Crippen molar-refractivity contribution in [3.05, 3.63) is 60.1 Å². The van der Waals surface area contributed by atoms with Crippen LogP contribution in [0.4, 0.5) is 0 Å². The van der Waals surface area contributed by atoms with Crippen molar-refractivity contribution >= 4 is 10.9 Å². The Hall–Kier alpha value is -3.19. The highest BCUT2D eigenvalue weighted by Crippen LogP contribution is 2.22. The number of aromatic nitrogens is 4. The van der Waals surface area contributed by atoms with Crippen LogP contribution in [0.15, 0.2) is 53.1 Å². The molecule has 0 amide bonds. The molecule has 2 aromatic carbocycles. The molecule has 0 bridgehead atoms. The number of rotatable bonds is 7. The van der Waals surface area contributed by atoms with Crippen LogP contribution in [0, 0.1) is 0 Å². The first kappa shape index (κ1) is 17.2. The normalized spacial score (nSPS) is 11.4. The van der Waals surface area contributed by atoms with Crippen molar-refractivity contribution in [1.29, 1.82) is 0 Å². The first-order valence-electron chi connectivity index (χ1n) is 8.81. The molecular weight excluding hydrogens is 342 g/mol. The van der Waals surface area contributed by atoms with E-state index in [1.807, 2.05) is 62.6 Å². The van der Waals surface area contributed by atoms with E-state index in [0.29, 0.717) is 24.7 Å². The monoisotopic (exact) mass is 363 g/mol. The Balaban J connectivity index is 1.44. The molecule has 0 saturated heterocycles. The van der Waals surface area contributed by atoms with Crippen molar-refractivity contribution in [2.24, 2.45) is 0 Å². The number of hydrogen-bond donors (Lipinski definition) is 1. The number of nitrogens with one attached hydrogen (secondary N) is 1. The van der Waals surface area contributed by atoms with Crippen LogP contribution in [0.25, 0.3) is 22.3 Å². The number of fused-ring (bicyclic) bond motifs is 1. The number of nitrogens with zero attached hydrogens (tertiary/aromatic N) is 4. The molecule has 0 radical (unpaired) electrons. The highest BCUT2D eigenvalue weighted by Gasteiger charge is 2.12. The van der Waals surface area contributed by atoms with E-state index in [-0.39, 0.29) is 0 Å². The van der Waals surface area contributed by atoms with Gasteiger partial charge in [-0.2, -0.15) is 10.1 Å². The molecule has 2 aromatic heterocycles. The van der Waals surface area contributed by atoms with E-state index >= 15 is 0 Å². The van der Waals surface area contributed by atoms with Gasteiger partial charge in [-0.1, -0.05) is 23.4 Å². The summed E-state index contributed by atoms with van der Waals surface area (Å²) in [7, 11) is 4.04. The second-order valence-electron chi connectivity index (χ2n) is 6.58. The van der Waals surface area contributed by atoms with Gasteiger partial charge in [0.25, 0.3) is 0 Å². The maximum absolute atomic E-state index is 5.71. The molecule has 2 heterocycles. The molecule has 0 spiro atoms. The van der Waals surface area contributed by atoms with Crippen LogP contribution < -0.4 is 4.74 Å². The largest absolute Gasteiger partial charge is 0.492 e. The van der Waals surface area contributed by atoms with E-state index in [2.05, 4.69) is 25.2 Å². The van der Waals surface area contributed by atoms with Crippen LogP contribution in [0.1, 0.15) is 11.6 Å². The van der Waals surface area contributed by atoms with E-state index in [1.54, 1.807) is 0 Å². The number of ether oxygens (including phenoxy) is 1. The number of para-hydroxylation sites is 1. The van der Waals surface area contributed by atoms with E-state index in [1.165, 1.54) is 0 Å². The van der Waals surface area contributed by atoms with Crippen molar-refractivity contribution in [2.75, 3.05) is 27.2 Å². The zero-order valence-electron chi connectivity index (χ0n) is 15.3. The molecule has 0 unspecified atom stereocenters. The lowest BCUT2D eigenvalue weighted by Crippen LogP contribution is -2.19. The minimum atomic E-state index is 0.513. The van der Waals surface area contributed by atoms with Gasteiger partial charge in [0.2, 0.25) is 11.7 Å². The van der Waals surface area contributed by atoms with Crippen LogP contribution in [-0.4, -0.2) is 52.5 Å². The second kappa shape index (κ2) is 7.59. The third-order valence-electron chi connectivity index (χ3n) is 4.26. The molecule has 0 fully saturated rings. The third-order valence-corrected chi connectivity index (χ3v) is 4.26. The summed E-state index contributed by atoms with van der Waals surface area (Å²) in [5.41, 5.74) is 2.78. The number of likely N-dealkylation sites (N-methyl/N-ethyl adjacent to an activating group) is 1. The van der Waals surface area contributed by atoms with Gasteiger partial charge in [0.15, 0.2) is 0 Å². The highest BCUT2D eigenvalue weighted by atomic mass is 16.5. The summed E-state index contributed by atoms with van der Waals surface area (Å²) < 4.78 is 11.1. The topological polar surface area (TPSA) is 80.1 Å². The summed E-state index contributed by atoms with van der Waals surface area (Å²) in [4.78, 5) is 6.59. The molecule has 27 heavy (non-hydrogen) atoms. The number of hydrogen-bond acceptors (Lipinski definition) is 6. The Labute approximate surface area is 157 Å². The first-order chi connectivity index (χ1) is 13.2. The molecule has 1 N–H and O–H groups in total. The third kappa shape index (κ3) is 3.98. The molecule has 0 atom stereocenters. The Morgan fingerprint density at radius 1 is 1.07 bits per heavy atom. The maximum Gasteiger partial charge on any atom is 0.232 e. The lowest BCUT2D eigenvalue weighted by molar-refractivity contribution is 0.261. The fourth-order valence-electron chi connectivity index (χ4n) is 2.79. The standard InChI is InChI=1S/C20H21N5O2/c1-25(2)11-12-26-15-9-7-14(8-10-15)20-21-19(27-24-20)13-18-16-5-3-4-6-17(16)22-23-18/h3-10H,11-13H2,1-2H3,(H,22,23). The molecule has 138 valence electrons. The molecule has 0 aliphatic carbocycles. The summed E-state index contributed by atoms with van der Waals surface area (Å²) >= 11 is 0. The Bertz CT molecular complexity index is 1020. The first-order valence-corrected chi connectivity index (χ1v) is 8.81. The Morgan fingerprint density at radius 3 is 2.70 bits per heavy atom. The lowest BCUT2D eigenvalue weighted by Gasteiger charge is -2.10. The zero-order chi connectivity index (χ0) is 18.6.